The molecule has 4 heteroatoms. The van der Waals surface area contributed by atoms with Crippen molar-refractivity contribution in [2.24, 2.45) is 0 Å². The Morgan fingerprint density at radius 1 is 1.47 bits per heavy atom. The summed E-state index contributed by atoms with van der Waals surface area (Å²) >= 11 is 0. The van der Waals surface area contributed by atoms with Crippen LogP contribution in [0.3, 0.4) is 0 Å². The van der Waals surface area contributed by atoms with Crippen LogP contribution in [0.1, 0.15) is 13.3 Å². The predicted octanol–water partition coefficient (Wildman–Crippen LogP) is 0.828. The summed E-state index contributed by atoms with van der Waals surface area (Å²) in [6.45, 7) is 6.43. The summed E-state index contributed by atoms with van der Waals surface area (Å²) in [6, 6.07) is 0. The van der Waals surface area contributed by atoms with Crippen LogP contribution >= 0.6 is 0 Å². The first-order valence-corrected chi connectivity index (χ1v) is 5.42. The van der Waals surface area contributed by atoms with Gasteiger partial charge in [-0.25, -0.2) is 0 Å². The Morgan fingerprint density at radius 2 is 2.20 bits per heavy atom. The van der Waals surface area contributed by atoms with Crippen molar-refractivity contribution in [1.82, 2.24) is 4.90 Å². The molecule has 15 heavy (non-hydrogen) atoms. The van der Waals surface area contributed by atoms with E-state index < -0.39 is 0 Å². The number of aldehydes is 1. The second kappa shape index (κ2) is 7.43. The van der Waals surface area contributed by atoms with Crippen LogP contribution in [0.25, 0.3) is 0 Å². The van der Waals surface area contributed by atoms with E-state index in [0.717, 1.165) is 51.3 Å². The molecule has 1 heterocycles. The van der Waals surface area contributed by atoms with Gasteiger partial charge in [0.15, 0.2) is 6.29 Å². The standard InChI is InChI=1S/C11H19NO3/c1-2-3-11(15-9-6-13)10-12-4-7-14-8-5-12/h3,6H,2,4-5,7-10H2,1H3/b11-3-. The number of carbonyl (C=O) groups excluding carboxylic acids is 1. The van der Waals surface area contributed by atoms with Crippen molar-refractivity contribution in [3.63, 3.8) is 0 Å². The zero-order chi connectivity index (χ0) is 10.9. The summed E-state index contributed by atoms with van der Waals surface area (Å²) in [5.41, 5.74) is 0. The third-order valence-corrected chi connectivity index (χ3v) is 2.25. The van der Waals surface area contributed by atoms with Crippen molar-refractivity contribution in [3.05, 3.63) is 11.8 Å². The lowest BCUT2D eigenvalue weighted by atomic mass is 10.3. The van der Waals surface area contributed by atoms with E-state index in [-0.39, 0.29) is 6.61 Å². The molecule has 0 aromatic rings. The van der Waals surface area contributed by atoms with E-state index in [1.807, 2.05) is 6.08 Å². The van der Waals surface area contributed by atoms with E-state index in [0.29, 0.717) is 0 Å². The number of hydrogen-bond acceptors (Lipinski definition) is 4. The number of ether oxygens (including phenoxy) is 2. The Hall–Kier alpha value is -0.870. The molecule has 0 aliphatic carbocycles. The molecule has 86 valence electrons. The van der Waals surface area contributed by atoms with Crippen LogP contribution in [0.5, 0.6) is 0 Å². The Bertz CT molecular complexity index is 210. The Morgan fingerprint density at radius 3 is 2.80 bits per heavy atom. The Balaban J connectivity index is 2.35. The molecular formula is C11H19NO3. The van der Waals surface area contributed by atoms with Crippen LogP contribution < -0.4 is 0 Å². The van der Waals surface area contributed by atoms with E-state index in [9.17, 15) is 4.79 Å². The molecule has 1 aliphatic rings. The number of hydrogen-bond donors (Lipinski definition) is 0. The van der Waals surface area contributed by atoms with E-state index in [2.05, 4.69) is 11.8 Å². The monoisotopic (exact) mass is 213 g/mol. The van der Waals surface area contributed by atoms with E-state index in [4.69, 9.17) is 9.47 Å². The molecule has 0 aromatic heterocycles. The molecular weight excluding hydrogens is 194 g/mol. The normalized spacial score (nSPS) is 18.9. The highest BCUT2D eigenvalue weighted by Crippen LogP contribution is 2.05. The number of carbonyl (C=O) groups is 1. The molecule has 1 aliphatic heterocycles. The van der Waals surface area contributed by atoms with Crippen molar-refractivity contribution >= 4 is 6.29 Å². The molecule has 0 spiro atoms. The van der Waals surface area contributed by atoms with Gasteiger partial charge >= 0.3 is 0 Å². The van der Waals surface area contributed by atoms with Crippen molar-refractivity contribution < 1.29 is 14.3 Å². The van der Waals surface area contributed by atoms with Gasteiger partial charge in [-0.05, 0) is 12.5 Å². The maximum Gasteiger partial charge on any atom is 0.157 e. The van der Waals surface area contributed by atoms with E-state index in [1.165, 1.54) is 0 Å². The Labute approximate surface area is 90.8 Å². The van der Waals surface area contributed by atoms with Crippen molar-refractivity contribution in [2.45, 2.75) is 13.3 Å². The average molecular weight is 213 g/mol. The first-order valence-electron chi connectivity index (χ1n) is 5.42. The van der Waals surface area contributed by atoms with Crippen molar-refractivity contribution in [2.75, 3.05) is 39.5 Å². The van der Waals surface area contributed by atoms with Gasteiger partial charge in [-0.3, -0.25) is 9.69 Å². The van der Waals surface area contributed by atoms with Crippen LogP contribution in [0, 0.1) is 0 Å². The first kappa shape index (κ1) is 12.2. The summed E-state index contributed by atoms with van der Waals surface area (Å²) in [5, 5.41) is 0. The fraction of sp³-hybridized carbons (Fsp3) is 0.727. The van der Waals surface area contributed by atoms with Crippen LogP contribution in [0.2, 0.25) is 0 Å². The third-order valence-electron chi connectivity index (χ3n) is 2.25. The molecule has 0 atom stereocenters. The van der Waals surface area contributed by atoms with E-state index in [1.54, 1.807) is 0 Å². The zero-order valence-corrected chi connectivity index (χ0v) is 9.28. The minimum absolute atomic E-state index is 0.149. The summed E-state index contributed by atoms with van der Waals surface area (Å²) in [4.78, 5) is 12.5. The molecule has 0 aromatic carbocycles. The van der Waals surface area contributed by atoms with Crippen LogP contribution in [-0.2, 0) is 14.3 Å². The fourth-order valence-corrected chi connectivity index (χ4v) is 1.52. The van der Waals surface area contributed by atoms with Gasteiger partial charge in [0.05, 0.1) is 19.8 Å². The molecule has 0 bridgehead atoms. The average Bonchev–Trinajstić information content (AvgIpc) is 2.28. The SMILES string of the molecule is CC/C=C(/CN1CCOCC1)OCC=O. The quantitative estimate of drug-likeness (QED) is 0.484. The summed E-state index contributed by atoms with van der Waals surface area (Å²) < 4.78 is 10.6. The number of allylic oxidation sites excluding steroid dienone is 1. The maximum absolute atomic E-state index is 10.2. The highest BCUT2D eigenvalue weighted by atomic mass is 16.5. The van der Waals surface area contributed by atoms with Gasteiger partial charge in [0.2, 0.25) is 0 Å². The van der Waals surface area contributed by atoms with Gasteiger partial charge < -0.3 is 9.47 Å². The van der Waals surface area contributed by atoms with Gasteiger partial charge in [0, 0.05) is 13.1 Å². The molecule has 0 amide bonds. The second-order valence-electron chi connectivity index (χ2n) is 3.44. The number of nitrogens with zero attached hydrogens (tertiary/aromatic N) is 1. The molecule has 1 saturated heterocycles. The van der Waals surface area contributed by atoms with Gasteiger partial charge in [0.1, 0.15) is 12.4 Å². The van der Waals surface area contributed by atoms with Gasteiger partial charge in [-0.2, -0.15) is 0 Å². The Kier molecular flexibility index (Phi) is 6.04. The van der Waals surface area contributed by atoms with E-state index >= 15 is 0 Å². The summed E-state index contributed by atoms with van der Waals surface area (Å²) in [7, 11) is 0. The van der Waals surface area contributed by atoms with Gasteiger partial charge in [-0.1, -0.05) is 6.92 Å². The van der Waals surface area contributed by atoms with Gasteiger partial charge in [-0.15, -0.1) is 0 Å². The highest BCUT2D eigenvalue weighted by molar-refractivity contribution is 5.50. The lowest BCUT2D eigenvalue weighted by molar-refractivity contribution is -0.110. The third kappa shape index (κ3) is 4.95. The molecule has 0 unspecified atom stereocenters. The first-order chi connectivity index (χ1) is 7.36. The van der Waals surface area contributed by atoms with Crippen molar-refractivity contribution in [1.29, 1.82) is 0 Å². The minimum atomic E-state index is 0.149. The number of rotatable bonds is 6. The smallest absolute Gasteiger partial charge is 0.157 e. The molecule has 1 fully saturated rings. The van der Waals surface area contributed by atoms with Crippen LogP contribution in [-0.4, -0.2) is 50.6 Å². The molecule has 0 N–H and O–H groups in total. The minimum Gasteiger partial charge on any atom is -0.489 e. The van der Waals surface area contributed by atoms with Crippen molar-refractivity contribution in [3.8, 4) is 0 Å². The lowest BCUT2D eigenvalue weighted by Gasteiger charge is -2.27. The number of morpholine rings is 1. The highest BCUT2D eigenvalue weighted by Gasteiger charge is 2.12. The maximum atomic E-state index is 10.2. The molecule has 0 radical (unpaired) electrons. The summed E-state index contributed by atoms with van der Waals surface area (Å²) in [5.74, 6) is 0.895. The fourth-order valence-electron chi connectivity index (χ4n) is 1.52. The van der Waals surface area contributed by atoms with Crippen LogP contribution in [0.15, 0.2) is 11.8 Å². The summed E-state index contributed by atoms with van der Waals surface area (Å²) in [6.07, 6.45) is 3.74. The lowest BCUT2D eigenvalue weighted by Crippen LogP contribution is -2.37. The molecule has 0 saturated carbocycles. The second-order valence-corrected chi connectivity index (χ2v) is 3.44. The molecule has 1 rings (SSSR count). The largest absolute Gasteiger partial charge is 0.489 e. The zero-order valence-electron chi connectivity index (χ0n) is 9.28. The van der Waals surface area contributed by atoms with Gasteiger partial charge in [0.25, 0.3) is 0 Å². The topological polar surface area (TPSA) is 38.8 Å². The molecule has 4 nitrogen and oxygen atoms in total. The van der Waals surface area contributed by atoms with Crippen LogP contribution in [0.4, 0.5) is 0 Å². The predicted molar refractivity (Wildman–Crippen MR) is 57.6 cm³/mol.